The van der Waals surface area contributed by atoms with E-state index in [1.54, 1.807) is 18.2 Å². The molecule has 0 unspecified atom stereocenters. The molecule has 0 N–H and O–H groups in total. The summed E-state index contributed by atoms with van der Waals surface area (Å²) >= 11 is 11.5. The molecule has 0 aliphatic rings. The third-order valence-corrected chi connectivity index (χ3v) is 2.16. The molecule has 4 heteroatoms. The van der Waals surface area contributed by atoms with E-state index in [4.69, 9.17) is 27.6 Å². The summed E-state index contributed by atoms with van der Waals surface area (Å²) in [5, 5.41) is 1.95. The smallest absolute Gasteiger partial charge is 0.591 e. The Balaban J connectivity index is 0.000000720. The van der Waals surface area contributed by atoms with E-state index in [9.17, 15) is 0 Å². The van der Waals surface area contributed by atoms with Crippen LogP contribution in [0, 0.1) is 6.26 Å². The standard InChI is InChI=1S/C8H3Cl2O.Li/c9-6-3-5-1-2-11-8(5)4-7(6)10;/h1,3-4H;/q-1;+1. The van der Waals surface area contributed by atoms with Crippen LogP contribution in [-0.2, 0) is 0 Å². The molecule has 0 spiro atoms. The first-order valence-electron chi connectivity index (χ1n) is 3.02. The molecule has 0 aliphatic carbocycles. The minimum atomic E-state index is 0. The average Bonchev–Trinajstić information content (AvgIpc) is 2.36. The van der Waals surface area contributed by atoms with Gasteiger partial charge in [-0.15, -0.1) is 11.5 Å². The fourth-order valence-electron chi connectivity index (χ4n) is 0.902. The number of hydrogen-bond acceptors (Lipinski definition) is 1. The molecule has 1 aromatic carbocycles. The molecule has 2 rings (SSSR count). The molecule has 56 valence electrons. The quantitative estimate of drug-likeness (QED) is 0.439. The average molecular weight is 193 g/mol. The van der Waals surface area contributed by atoms with Crippen molar-refractivity contribution in [1.29, 1.82) is 0 Å². The number of hydrogen-bond donors (Lipinski definition) is 0. The second kappa shape index (κ2) is 3.77. The van der Waals surface area contributed by atoms with Crippen LogP contribution < -0.4 is 18.9 Å². The SMILES string of the molecule is Clc1cc2c[c-]oc2cc1Cl.[Li+]. The monoisotopic (exact) mass is 192 g/mol. The first-order valence-corrected chi connectivity index (χ1v) is 3.77. The third kappa shape index (κ3) is 1.65. The van der Waals surface area contributed by atoms with Crippen LogP contribution in [0.5, 0.6) is 0 Å². The van der Waals surface area contributed by atoms with Gasteiger partial charge in [-0.25, -0.2) is 0 Å². The predicted octanol–water partition coefficient (Wildman–Crippen LogP) is 0.544. The normalized spacial score (nSPS) is 9.83. The predicted molar refractivity (Wildman–Crippen MR) is 45.1 cm³/mol. The zero-order chi connectivity index (χ0) is 7.84. The largest absolute Gasteiger partial charge is 1.00 e. The Morgan fingerprint density at radius 2 is 1.83 bits per heavy atom. The summed E-state index contributed by atoms with van der Waals surface area (Å²) < 4.78 is 4.99. The summed E-state index contributed by atoms with van der Waals surface area (Å²) in [5.74, 6) is 0. The van der Waals surface area contributed by atoms with Crippen molar-refractivity contribution in [2.24, 2.45) is 0 Å². The van der Waals surface area contributed by atoms with Gasteiger partial charge in [0, 0.05) is 10.0 Å². The van der Waals surface area contributed by atoms with E-state index >= 15 is 0 Å². The van der Waals surface area contributed by atoms with Crippen molar-refractivity contribution >= 4 is 34.2 Å². The van der Waals surface area contributed by atoms with E-state index in [1.165, 1.54) is 0 Å². The van der Waals surface area contributed by atoms with Crippen LogP contribution in [0.4, 0.5) is 0 Å². The summed E-state index contributed by atoms with van der Waals surface area (Å²) in [4.78, 5) is 0. The molecule has 0 amide bonds. The van der Waals surface area contributed by atoms with Crippen molar-refractivity contribution < 1.29 is 23.3 Å². The second-order valence-electron chi connectivity index (χ2n) is 2.17. The molecule has 0 saturated heterocycles. The van der Waals surface area contributed by atoms with E-state index in [1.807, 2.05) is 0 Å². The van der Waals surface area contributed by atoms with Gasteiger partial charge in [-0.05, 0) is 11.8 Å². The number of halogens is 2. The third-order valence-electron chi connectivity index (χ3n) is 1.44. The Bertz CT molecular complexity index is 361. The maximum Gasteiger partial charge on any atom is 1.00 e. The molecule has 0 aliphatic heterocycles. The van der Waals surface area contributed by atoms with Crippen LogP contribution in [0.25, 0.3) is 11.0 Å². The number of fused-ring (bicyclic) bond motifs is 1. The van der Waals surface area contributed by atoms with E-state index in [2.05, 4.69) is 6.26 Å². The number of benzene rings is 1. The molecule has 0 fully saturated rings. The van der Waals surface area contributed by atoms with Gasteiger partial charge < -0.3 is 4.42 Å². The van der Waals surface area contributed by atoms with Crippen molar-refractivity contribution in [1.82, 2.24) is 0 Å². The Labute approximate surface area is 91.8 Å². The summed E-state index contributed by atoms with van der Waals surface area (Å²) in [6.45, 7) is 0. The van der Waals surface area contributed by atoms with E-state index in [0.717, 1.165) is 5.39 Å². The molecule has 0 bridgehead atoms. The van der Waals surface area contributed by atoms with Gasteiger partial charge in [-0.2, -0.15) is 0 Å². The fourth-order valence-corrected chi connectivity index (χ4v) is 1.23. The Morgan fingerprint density at radius 3 is 2.58 bits per heavy atom. The van der Waals surface area contributed by atoms with Crippen molar-refractivity contribution in [2.75, 3.05) is 0 Å². The maximum atomic E-state index is 5.76. The molecular formula is C8H3Cl2LiO. The van der Waals surface area contributed by atoms with Crippen molar-refractivity contribution in [3.63, 3.8) is 0 Å². The first kappa shape index (κ1) is 10.0. The Hall–Kier alpha value is -0.0626. The Morgan fingerprint density at radius 1 is 1.17 bits per heavy atom. The van der Waals surface area contributed by atoms with Gasteiger partial charge in [0.05, 0.1) is 0 Å². The van der Waals surface area contributed by atoms with Gasteiger partial charge >= 0.3 is 18.9 Å². The summed E-state index contributed by atoms with van der Waals surface area (Å²) in [6, 6.07) is 5.15. The van der Waals surface area contributed by atoms with Gasteiger partial charge in [0.15, 0.2) is 0 Å². The molecule has 0 radical (unpaired) electrons. The zero-order valence-electron chi connectivity index (χ0n) is 6.40. The van der Waals surface area contributed by atoms with E-state index < -0.39 is 0 Å². The summed E-state index contributed by atoms with van der Waals surface area (Å²) in [5.41, 5.74) is 0.708. The van der Waals surface area contributed by atoms with Crippen LogP contribution in [0.1, 0.15) is 0 Å². The Kier molecular flexibility index (Phi) is 3.14. The summed E-state index contributed by atoms with van der Waals surface area (Å²) in [6.07, 6.45) is 2.60. The van der Waals surface area contributed by atoms with Crippen LogP contribution in [0.3, 0.4) is 0 Å². The van der Waals surface area contributed by atoms with Crippen LogP contribution in [0.15, 0.2) is 22.6 Å². The van der Waals surface area contributed by atoms with Gasteiger partial charge in [-0.1, -0.05) is 35.3 Å². The van der Waals surface area contributed by atoms with Gasteiger partial charge in [0.25, 0.3) is 0 Å². The zero-order valence-corrected chi connectivity index (χ0v) is 7.91. The van der Waals surface area contributed by atoms with Crippen molar-refractivity contribution in [3.05, 3.63) is 34.5 Å². The molecule has 1 heterocycles. The summed E-state index contributed by atoms with van der Waals surface area (Å²) in [7, 11) is 0. The topological polar surface area (TPSA) is 13.1 Å². The molecule has 0 atom stereocenters. The molecular weight excluding hydrogens is 190 g/mol. The molecule has 1 nitrogen and oxygen atoms in total. The minimum Gasteiger partial charge on any atom is -0.591 e. The number of rotatable bonds is 0. The fraction of sp³-hybridized carbons (Fsp3) is 0. The van der Waals surface area contributed by atoms with Crippen LogP contribution in [-0.4, -0.2) is 0 Å². The van der Waals surface area contributed by atoms with Crippen molar-refractivity contribution in [2.45, 2.75) is 0 Å². The molecule has 12 heavy (non-hydrogen) atoms. The molecule has 2 aromatic rings. The van der Waals surface area contributed by atoms with Crippen LogP contribution in [0.2, 0.25) is 10.0 Å². The molecule has 1 aromatic heterocycles. The van der Waals surface area contributed by atoms with Gasteiger partial charge in [-0.3, -0.25) is 0 Å². The number of furan rings is 1. The van der Waals surface area contributed by atoms with E-state index in [-0.39, 0.29) is 18.9 Å². The van der Waals surface area contributed by atoms with Gasteiger partial charge in [0.1, 0.15) is 0 Å². The molecule has 0 saturated carbocycles. The van der Waals surface area contributed by atoms with Crippen LogP contribution >= 0.6 is 23.2 Å². The van der Waals surface area contributed by atoms with E-state index in [0.29, 0.717) is 15.6 Å². The van der Waals surface area contributed by atoms with Crippen molar-refractivity contribution in [3.8, 4) is 0 Å². The second-order valence-corrected chi connectivity index (χ2v) is 2.98. The minimum absolute atomic E-state index is 0. The maximum absolute atomic E-state index is 5.76. The first-order chi connectivity index (χ1) is 5.27. The van der Waals surface area contributed by atoms with Gasteiger partial charge in [0.2, 0.25) is 0 Å².